The van der Waals surface area contributed by atoms with Crippen molar-refractivity contribution in [3.8, 4) is 0 Å². The van der Waals surface area contributed by atoms with Gasteiger partial charge in [0.05, 0.1) is 13.0 Å². The van der Waals surface area contributed by atoms with Gasteiger partial charge >= 0.3 is 5.97 Å². The van der Waals surface area contributed by atoms with Crippen molar-refractivity contribution in [1.82, 2.24) is 5.32 Å². The highest BCUT2D eigenvalue weighted by atomic mass is 16.4. The lowest BCUT2D eigenvalue weighted by molar-refractivity contribution is -0.137. The third-order valence-corrected chi connectivity index (χ3v) is 1.46. The van der Waals surface area contributed by atoms with Crippen LogP contribution in [0.4, 0.5) is 0 Å². The molecule has 0 aliphatic rings. The van der Waals surface area contributed by atoms with Gasteiger partial charge in [0, 0.05) is 6.04 Å². The molecular weight excluding hydrogens is 160 g/mol. The van der Waals surface area contributed by atoms with Gasteiger partial charge in [0.15, 0.2) is 0 Å². The van der Waals surface area contributed by atoms with E-state index in [0.29, 0.717) is 6.42 Å². The summed E-state index contributed by atoms with van der Waals surface area (Å²) in [5, 5.41) is 10.9. The third-order valence-electron chi connectivity index (χ3n) is 1.46. The molecule has 0 aromatic heterocycles. The van der Waals surface area contributed by atoms with Crippen molar-refractivity contribution in [3.05, 3.63) is 0 Å². The Balaban J connectivity index is 3.82. The molecule has 4 N–H and O–H groups in total. The maximum Gasteiger partial charge on any atom is 0.305 e. The molecule has 0 saturated heterocycles. The van der Waals surface area contributed by atoms with Crippen molar-refractivity contribution in [2.45, 2.75) is 25.8 Å². The number of carbonyl (C=O) groups excluding carboxylic acids is 1. The molecule has 1 unspecified atom stereocenters. The molecule has 0 aromatic carbocycles. The van der Waals surface area contributed by atoms with E-state index in [-0.39, 0.29) is 24.9 Å². The number of nitrogens with two attached hydrogens (primary N) is 1. The van der Waals surface area contributed by atoms with Gasteiger partial charge < -0.3 is 16.2 Å². The van der Waals surface area contributed by atoms with E-state index in [9.17, 15) is 9.59 Å². The number of nitrogens with one attached hydrogen (secondary N) is 1. The number of amides is 1. The number of rotatable bonds is 5. The molecule has 0 aliphatic heterocycles. The highest BCUT2D eigenvalue weighted by Crippen LogP contribution is 1.96. The monoisotopic (exact) mass is 174 g/mol. The van der Waals surface area contributed by atoms with Gasteiger partial charge in [-0.1, -0.05) is 6.92 Å². The molecule has 0 saturated carbocycles. The van der Waals surface area contributed by atoms with Crippen LogP contribution in [0.2, 0.25) is 0 Å². The van der Waals surface area contributed by atoms with E-state index in [0.717, 1.165) is 0 Å². The molecule has 0 spiro atoms. The summed E-state index contributed by atoms with van der Waals surface area (Å²) in [4.78, 5) is 21.0. The van der Waals surface area contributed by atoms with Gasteiger partial charge in [-0.25, -0.2) is 0 Å². The maximum atomic E-state index is 10.7. The summed E-state index contributed by atoms with van der Waals surface area (Å²) in [6, 6.07) is -0.307. The number of aliphatic carboxylic acids is 1. The van der Waals surface area contributed by atoms with Gasteiger partial charge in [0.2, 0.25) is 5.91 Å². The van der Waals surface area contributed by atoms with Gasteiger partial charge in [0.1, 0.15) is 0 Å². The molecule has 0 fully saturated rings. The first kappa shape index (κ1) is 10.9. The number of carbonyl (C=O) groups is 2. The average molecular weight is 174 g/mol. The molecule has 12 heavy (non-hydrogen) atoms. The standard InChI is InChI=1S/C7H14N2O3/c1-2-5(3-7(11)12)9-6(10)4-8/h5H,2-4,8H2,1H3,(H,9,10)(H,11,12). The summed E-state index contributed by atoms with van der Waals surface area (Å²) in [5.41, 5.74) is 5.05. The second kappa shape index (κ2) is 5.54. The quantitative estimate of drug-likeness (QED) is 0.514. The fraction of sp³-hybridized carbons (Fsp3) is 0.714. The lowest BCUT2D eigenvalue weighted by Crippen LogP contribution is -2.39. The molecule has 0 bridgehead atoms. The lowest BCUT2D eigenvalue weighted by atomic mass is 10.1. The normalized spacial score (nSPS) is 12.2. The van der Waals surface area contributed by atoms with Crippen molar-refractivity contribution >= 4 is 11.9 Å². The Labute approximate surface area is 70.9 Å². The van der Waals surface area contributed by atoms with E-state index < -0.39 is 5.97 Å². The molecular formula is C7H14N2O3. The summed E-state index contributed by atoms with van der Waals surface area (Å²) in [6.07, 6.45) is 0.542. The second-order valence-corrected chi connectivity index (χ2v) is 2.47. The largest absolute Gasteiger partial charge is 0.481 e. The predicted molar refractivity (Wildman–Crippen MR) is 43.5 cm³/mol. The van der Waals surface area contributed by atoms with Crippen LogP contribution >= 0.6 is 0 Å². The van der Waals surface area contributed by atoms with Crippen LogP contribution in [0.3, 0.4) is 0 Å². The SMILES string of the molecule is CCC(CC(=O)O)NC(=O)CN. The van der Waals surface area contributed by atoms with Gasteiger partial charge in [-0.15, -0.1) is 0 Å². The van der Waals surface area contributed by atoms with Gasteiger partial charge in [-0.2, -0.15) is 0 Å². The number of hydrogen-bond donors (Lipinski definition) is 3. The van der Waals surface area contributed by atoms with Gasteiger partial charge in [-0.3, -0.25) is 9.59 Å². The van der Waals surface area contributed by atoms with E-state index in [1.165, 1.54) is 0 Å². The fourth-order valence-electron chi connectivity index (χ4n) is 0.795. The van der Waals surface area contributed by atoms with Crippen molar-refractivity contribution in [2.24, 2.45) is 5.73 Å². The molecule has 0 heterocycles. The van der Waals surface area contributed by atoms with E-state index in [2.05, 4.69) is 5.32 Å². The zero-order chi connectivity index (χ0) is 9.56. The van der Waals surface area contributed by atoms with Gasteiger partial charge in [0.25, 0.3) is 0 Å². The average Bonchev–Trinajstić information content (AvgIpc) is 2.02. The molecule has 70 valence electrons. The second-order valence-electron chi connectivity index (χ2n) is 2.47. The van der Waals surface area contributed by atoms with Crippen LogP contribution in [0.25, 0.3) is 0 Å². The molecule has 1 atom stereocenters. The smallest absolute Gasteiger partial charge is 0.305 e. The van der Waals surface area contributed by atoms with Crippen LogP contribution in [-0.4, -0.2) is 29.6 Å². The summed E-state index contributed by atoms with van der Waals surface area (Å²) in [7, 11) is 0. The van der Waals surface area contributed by atoms with Crippen LogP contribution in [-0.2, 0) is 9.59 Å². The van der Waals surface area contributed by atoms with Crippen molar-refractivity contribution in [2.75, 3.05) is 6.54 Å². The minimum Gasteiger partial charge on any atom is -0.481 e. The summed E-state index contributed by atoms with van der Waals surface area (Å²) >= 11 is 0. The zero-order valence-electron chi connectivity index (χ0n) is 7.04. The molecule has 0 aromatic rings. The fourth-order valence-corrected chi connectivity index (χ4v) is 0.795. The summed E-state index contributed by atoms with van der Waals surface area (Å²) in [6.45, 7) is 1.71. The van der Waals surface area contributed by atoms with Crippen LogP contribution in [0.1, 0.15) is 19.8 Å². The molecule has 1 amide bonds. The summed E-state index contributed by atoms with van der Waals surface area (Å²) < 4.78 is 0. The highest BCUT2D eigenvalue weighted by Gasteiger charge is 2.12. The Kier molecular flexibility index (Phi) is 5.03. The van der Waals surface area contributed by atoms with E-state index >= 15 is 0 Å². The number of carboxylic acids is 1. The lowest BCUT2D eigenvalue weighted by Gasteiger charge is -2.13. The van der Waals surface area contributed by atoms with Crippen LogP contribution in [0, 0.1) is 0 Å². The Bertz CT molecular complexity index is 170. The Morgan fingerprint density at radius 2 is 2.17 bits per heavy atom. The van der Waals surface area contributed by atoms with Crippen LogP contribution < -0.4 is 11.1 Å². The first-order valence-electron chi connectivity index (χ1n) is 3.81. The van der Waals surface area contributed by atoms with E-state index in [1.807, 2.05) is 6.92 Å². The molecule has 5 heteroatoms. The minimum atomic E-state index is -0.917. The number of carboxylic acid groups (broad SMARTS) is 1. The zero-order valence-corrected chi connectivity index (χ0v) is 7.04. The first-order valence-corrected chi connectivity index (χ1v) is 3.81. The molecule has 0 aliphatic carbocycles. The first-order chi connectivity index (χ1) is 5.60. The Morgan fingerprint density at radius 1 is 1.58 bits per heavy atom. The van der Waals surface area contributed by atoms with Crippen LogP contribution in [0.15, 0.2) is 0 Å². The van der Waals surface area contributed by atoms with Crippen LogP contribution in [0.5, 0.6) is 0 Å². The maximum absolute atomic E-state index is 10.7. The Hall–Kier alpha value is -1.10. The van der Waals surface area contributed by atoms with Gasteiger partial charge in [-0.05, 0) is 6.42 Å². The predicted octanol–water partition coefficient (Wildman–Crippen LogP) is -0.685. The van der Waals surface area contributed by atoms with Crippen molar-refractivity contribution in [1.29, 1.82) is 0 Å². The third kappa shape index (κ3) is 4.68. The number of hydrogen-bond acceptors (Lipinski definition) is 3. The Morgan fingerprint density at radius 3 is 2.50 bits per heavy atom. The van der Waals surface area contributed by atoms with E-state index in [4.69, 9.17) is 10.8 Å². The minimum absolute atomic E-state index is 0.0533. The molecule has 5 nitrogen and oxygen atoms in total. The highest BCUT2D eigenvalue weighted by molar-refractivity contribution is 5.78. The topological polar surface area (TPSA) is 92.4 Å². The summed E-state index contributed by atoms with van der Waals surface area (Å²) in [5.74, 6) is -1.23. The van der Waals surface area contributed by atoms with Crippen molar-refractivity contribution < 1.29 is 14.7 Å². The molecule has 0 radical (unpaired) electrons. The molecule has 0 rings (SSSR count). The van der Waals surface area contributed by atoms with Crippen molar-refractivity contribution in [3.63, 3.8) is 0 Å². The van der Waals surface area contributed by atoms with E-state index in [1.54, 1.807) is 0 Å².